The number of rotatable bonds is 8. The second kappa shape index (κ2) is 11.1. The van der Waals surface area contributed by atoms with E-state index in [4.69, 9.17) is 20.3 Å². The van der Waals surface area contributed by atoms with E-state index in [2.05, 4.69) is 15.3 Å². The molecule has 1 aromatic heterocycles. The number of carbonyl (C=O) groups excluding carboxylic acids is 2. The van der Waals surface area contributed by atoms with Crippen LogP contribution in [0, 0.1) is 0 Å². The number of pyridine rings is 1. The first-order valence-electron chi connectivity index (χ1n) is 12.5. The zero-order valence-electron chi connectivity index (χ0n) is 21.8. The highest BCUT2D eigenvalue weighted by atomic mass is 16.5. The van der Waals surface area contributed by atoms with Gasteiger partial charge in [0.1, 0.15) is 23.5 Å². The second-order valence-electron chi connectivity index (χ2n) is 9.22. The average molecular weight is 529 g/mol. The van der Waals surface area contributed by atoms with E-state index in [0.717, 1.165) is 24.1 Å². The number of carbonyl (C=O) groups is 2. The number of hydrogen-bond acceptors (Lipinski definition) is 8. The Balaban J connectivity index is 1.40. The maximum atomic E-state index is 12.9. The summed E-state index contributed by atoms with van der Waals surface area (Å²) in [5.74, 6) is 8.05. The minimum atomic E-state index is -0.307. The van der Waals surface area contributed by atoms with Gasteiger partial charge in [0.2, 0.25) is 11.6 Å². The Morgan fingerprint density at radius 3 is 2.82 bits per heavy atom. The molecule has 200 valence electrons. The fraction of sp³-hybridized carbons (Fsp3) is 0.250. The second-order valence-corrected chi connectivity index (χ2v) is 9.22. The van der Waals surface area contributed by atoms with Crippen LogP contribution in [0.4, 0.5) is 5.82 Å². The number of aliphatic imine (C=N–C) groups is 2. The van der Waals surface area contributed by atoms with Gasteiger partial charge in [0.25, 0.3) is 11.7 Å². The molecule has 3 aliphatic rings. The third-order valence-electron chi connectivity index (χ3n) is 6.81. The quantitative estimate of drug-likeness (QED) is 0.308. The van der Waals surface area contributed by atoms with Gasteiger partial charge in [-0.1, -0.05) is 6.08 Å². The third-order valence-corrected chi connectivity index (χ3v) is 6.81. The van der Waals surface area contributed by atoms with Crippen molar-refractivity contribution in [2.75, 3.05) is 32.7 Å². The lowest BCUT2D eigenvalue weighted by atomic mass is 10.1. The zero-order chi connectivity index (χ0) is 27.4. The van der Waals surface area contributed by atoms with Crippen molar-refractivity contribution in [1.82, 2.24) is 9.88 Å². The molecule has 5 rings (SSSR count). The third kappa shape index (κ3) is 5.15. The Kier molecular flexibility index (Phi) is 7.46. The van der Waals surface area contributed by atoms with E-state index in [0.29, 0.717) is 41.8 Å². The van der Waals surface area contributed by atoms with E-state index < -0.39 is 0 Å². The number of nitrogens with zero attached hydrogens (tertiary/aromatic N) is 5. The highest BCUT2D eigenvalue weighted by Crippen LogP contribution is 2.37. The first-order valence-corrected chi connectivity index (χ1v) is 12.5. The molecule has 0 spiro atoms. The number of aromatic nitrogens is 1. The van der Waals surface area contributed by atoms with Crippen molar-refractivity contribution < 1.29 is 23.7 Å². The first kappa shape index (κ1) is 26.2. The van der Waals surface area contributed by atoms with E-state index >= 15 is 0 Å². The molecule has 1 fully saturated rings. The van der Waals surface area contributed by atoms with Crippen LogP contribution >= 0.6 is 0 Å². The number of anilines is 1. The molecule has 1 aromatic carbocycles. The van der Waals surface area contributed by atoms with Crippen LogP contribution in [0.5, 0.6) is 5.75 Å². The van der Waals surface area contributed by atoms with Crippen molar-refractivity contribution in [2.45, 2.75) is 18.9 Å². The Bertz CT molecular complexity index is 1430. The number of likely N-dealkylation sites (tertiary alicyclic amines) is 1. The summed E-state index contributed by atoms with van der Waals surface area (Å²) < 4.78 is 10.0. The van der Waals surface area contributed by atoms with E-state index in [1.165, 1.54) is 6.08 Å². The van der Waals surface area contributed by atoms with Crippen LogP contribution in [0.1, 0.15) is 28.8 Å². The van der Waals surface area contributed by atoms with Gasteiger partial charge in [-0.3, -0.25) is 14.6 Å². The molecule has 0 radical (unpaired) electrons. The van der Waals surface area contributed by atoms with Gasteiger partial charge in [-0.05, 0) is 43.2 Å². The van der Waals surface area contributed by atoms with Gasteiger partial charge in [-0.2, -0.15) is 10.8 Å². The molecule has 11 heteroatoms. The van der Waals surface area contributed by atoms with Crippen molar-refractivity contribution >= 4 is 29.7 Å². The average Bonchev–Trinajstić information content (AvgIpc) is 3.56. The summed E-state index contributed by atoms with van der Waals surface area (Å²) in [7, 11) is 3.13. The molecule has 1 saturated heterocycles. The molecule has 2 unspecified atom stereocenters. The molecule has 2 aromatic rings. The molecule has 39 heavy (non-hydrogen) atoms. The zero-order valence-corrected chi connectivity index (χ0v) is 21.8. The first-order chi connectivity index (χ1) is 18.9. The normalized spacial score (nSPS) is 21.9. The van der Waals surface area contributed by atoms with Crippen LogP contribution in [-0.2, 0) is 9.53 Å². The molecule has 0 saturated carbocycles. The molecule has 3 N–H and O–H groups in total. The van der Waals surface area contributed by atoms with Crippen LogP contribution in [0.25, 0.3) is 0 Å². The Labute approximate surface area is 226 Å². The van der Waals surface area contributed by atoms with Crippen LogP contribution in [0.3, 0.4) is 0 Å². The molecule has 11 nitrogen and oxygen atoms in total. The molecular weight excluding hydrogens is 498 g/mol. The van der Waals surface area contributed by atoms with Crippen molar-refractivity contribution in [1.29, 1.82) is 0 Å². The number of allylic oxidation sites excluding steroid dienone is 1. The van der Waals surface area contributed by atoms with E-state index in [1.54, 1.807) is 69.4 Å². The predicted octanol–water partition coefficient (Wildman–Crippen LogP) is 2.75. The summed E-state index contributed by atoms with van der Waals surface area (Å²) in [5, 5.41) is 2.78. The minimum absolute atomic E-state index is 0.0920. The summed E-state index contributed by atoms with van der Waals surface area (Å²) in [4.78, 5) is 41.0. The number of amidine groups is 1. The fourth-order valence-electron chi connectivity index (χ4n) is 4.87. The van der Waals surface area contributed by atoms with Gasteiger partial charge in [-0.25, -0.2) is 4.98 Å². The number of hydrogen-bond donors (Lipinski definition) is 2. The van der Waals surface area contributed by atoms with Crippen LogP contribution in [0.15, 0.2) is 88.5 Å². The molecule has 0 aliphatic carbocycles. The van der Waals surface area contributed by atoms with Gasteiger partial charge in [-0.15, -0.1) is 4.59 Å². The van der Waals surface area contributed by atoms with Crippen LogP contribution < -0.4 is 15.9 Å². The van der Waals surface area contributed by atoms with Gasteiger partial charge in [0, 0.05) is 37.6 Å². The lowest BCUT2D eigenvalue weighted by molar-refractivity contribution is -0.750. The number of nitrogens with two attached hydrogens (primary N) is 1. The lowest BCUT2D eigenvalue weighted by Crippen LogP contribution is -2.53. The Hall–Kier alpha value is -4.45. The molecule has 0 bridgehead atoms. The van der Waals surface area contributed by atoms with Gasteiger partial charge < -0.3 is 19.7 Å². The molecule has 4 heterocycles. The number of quaternary nitrogens is 1. The highest BCUT2D eigenvalue weighted by molar-refractivity contribution is 6.05. The van der Waals surface area contributed by atoms with Crippen molar-refractivity contribution in [3.8, 4) is 5.75 Å². The van der Waals surface area contributed by atoms with E-state index in [-0.39, 0.29) is 22.4 Å². The molecular formula is C28H30N7O4+. The standard InChI is InChI=1S/C28H29N7O4/c1-38-16-4-6-25(36)34-14-3-5-22(34)26-23-18-30-13-15-35(23,29)27(33-26)19-7-9-20(10-8-19)28(37)32-24-17-21(39-2)11-12-31-24/h4,6-13,15,17-18,22H,3,5,14,16,29H2,1-2H3/p+1/b6-4+. The number of benzene rings is 1. The number of nitrogens with one attached hydrogen (secondary N) is 1. The van der Waals surface area contributed by atoms with Crippen LogP contribution in [-0.4, -0.2) is 71.8 Å². The molecule has 2 amide bonds. The predicted molar refractivity (Wildman–Crippen MR) is 147 cm³/mol. The van der Waals surface area contributed by atoms with Gasteiger partial charge in [0.05, 0.1) is 37.7 Å². The summed E-state index contributed by atoms with van der Waals surface area (Å²) in [6, 6.07) is 10.2. The maximum Gasteiger partial charge on any atom is 0.264 e. The number of fused-ring (bicyclic) bond motifs is 1. The van der Waals surface area contributed by atoms with E-state index in [9.17, 15) is 9.59 Å². The van der Waals surface area contributed by atoms with Crippen molar-refractivity contribution in [3.63, 3.8) is 0 Å². The van der Waals surface area contributed by atoms with Crippen molar-refractivity contribution in [2.24, 2.45) is 15.8 Å². The lowest BCUT2D eigenvalue weighted by Gasteiger charge is -2.27. The summed E-state index contributed by atoms with van der Waals surface area (Å²) in [6.07, 6.45) is 11.5. The highest BCUT2D eigenvalue weighted by Gasteiger charge is 2.48. The van der Waals surface area contributed by atoms with Crippen molar-refractivity contribution in [3.05, 3.63) is 89.7 Å². The number of methoxy groups -OCH3 is 2. The van der Waals surface area contributed by atoms with E-state index in [1.807, 2.05) is 17.0 Å². The monoisotopic (exact) mass is 528 g/mol. The maximum absolute atomic E-state index is 12.9. The SMILES string of the molecule is COC/C=C/C(=O)N1CCCC1C1=C2C=NC=C[N+]2(N)C(c2ccc(C(=O)Nc3cc(OC)ccn3)cc2)=N1. The van der Waals surface area contributed by atoms with Gasteiger partial charge in [0.15, 0.2) is 0 Å². The minimum Gasteiger partial charge on any atom is -0.497 e. The topological polar surface area (TPSA) is 132 Å². The number of ether oxygens (including phenoxy) is 2. The fourth-order valence-corrected chi connectivity index (χ4v) is 4.87. The van der Waals surface area contributed by atoms with Crippen LogP contribution in [0.2, 0.25) is 0 Å². The molecule has 3 aliphatic heterocycles. The largest absolute Gasteiger partial charge is 0.497 e. The Morgan fingerprint density at radius 1 is 1.23 bits per heavy atom. The summed E-state index contributed by atoms with van der Waals surface area (Å²) >= 11 is 0. The smallest absolute Gasteiger partial charge is 0.264 e. The number of amides is 2. The van der Waals surface area contributed by atoms with Gasteiger partial charge >= 0.3 is 0 Å². The molecule has 2 atom stereocenters. The summed E-state index contributed by atoms with van der Waals surface area (Å²) in [5.41, 5.74) is 2.63. The summed E-state index contributed by atoms with van der Waals surface area (Å²) in [6.45, 7) is 0.997. The Morgan fingerprint density at radius 2 is 2.05 bits per heavy atom.